The van der Waals surface area contributed by atoms with Gasteiger partial charge in [-0.25, -0.2) is 0 Å². The van der Waals surface area contributed by atoms with E-state index in [0.29, 0.717) is 25.9 Å². The summed E-state index contributed by atoms with van der Waals surface area (Å²) in [7, 11) is -3.33. The van der Waals surface area contributed by atoms with Crippen LogP contribution >= 0.6 is 0 Å². The zero-order valence-electron chi connectivity index (χ0n) is 9.19. The van der Waals surface area contributed by atoms with Crippen molar-refractivity contribution in [1.29, 1.82) is 0 Å². The molecule has 0 N–H and O–H groups in total. The highest BCUT2D eigenvalue weighted by Gasteiger charge is 2.02. The molecule has 0 aromatic heterocycles. The Balaban J connectivity index is 3.29. The molecular weight excluding hydrogens is 220 g/mol. The fraction of sp³-hybridized carbons (Fsp3) is 0.889. The van der Waals surface area contributed by atoms with Crippen LogP contribution in [0.3, 0.4) is 0 Å². The summed E-state index contributed by atoms with van der Waals surface area (Å²) in [4.78, 5) is 10.9. The van der Waals surface area contributed by atoms with Gasteiger partial charge < -0.3 is 4.74 Å². The van der Waals surface area contributed by atoms with E-state index >= 15 is 0 Å². The van der Waals surface area contributed by atoms with Crippen molar-refractivity contribution in [3.63, 3.8) is 0 Å². The first-order valence-electron chi connectivity index (χ1n) is 4.95. The molecule has 15 heavy (non-hydrogen) atoms. The smallest absolute Gasteiger partial charge is 0.305 e. The second kappa shape index (κ2) is 7.64. The fourth-order valence-electron chi connectivity index (χ4n) is 0.992. The first-order chi connectivity index (χ1) is 6.95. The van der Waals surface area contributed by atoms with Gasteiger partial charge in [0.1, 0.15) is 0 Å². The summed E-state index contributed by atoms with van der Waals surface area (Å²) in [6, 6.07) is 0. The summed E-state index contributed by atoms with van der Waals surface area (Å²) in [5.74, 6) is -0.207. The number of carbonyl (C=O) groups is 1. The van der Waals surface area contributed by atoms with Crippen molar-refractivity contribution >= 4 is 16.1 Å². The summed E-state index contributed by atoms with van der Waals surface area (Å²) in [5.41, 5.74) is 0. The highest BCUT2D eigenvalue weighted by atomic mass is 32.2. The summed E-state index contributed by atoms with van der Waals surface area (Å²) in [5, 5.41) is 0. The second-order valence-corrected chi connectivity index (χ2v) is 4.79. The maximum atomic E-state index is 10.9. The lowest BCUT2D eigenvalue weighted by Gasteiger charge is -2.02. The van der Waals surface area contributed by atoms with Crippen LogP contribution in [0.1, 0.15) is 32.6 Å². The van der Waals surface area contributed by atoms with Crippen LogP contribution in [-0.2, 0) is 23.8 Å². The van der Waals surface area contributed by atoms with Gasteiger partial charge in [-0.1, -0.05) is 6.42 Å². The van der Waals surface area contributed by atoms with Crippen molar-refractivity contribution in [3.05, 3.63) is 0 Å². The summed E-state index contributed by atoms with van der Waals surface area (Å²) < 4.78 is 30.4. The number of hydrogen-bond donors (Lipinski definition) is 0. The Morgan fingerprint density at radius 3 is 2.40 bits per heavy atom. The van der Waals surface area contributed by atoms with Gasteiger partial charge in [-0.2, -0.15) is 8.42 Å². The minimum absolute atomic E-state index is 0.182. The first kappa shape index (κ1) is 14.4. The van der Waals surface area contributed by atoms with E-state index in [1.54, 1.807) is 6.92 Å². The van der Waals surface area contributed by atoms with Crippen molar-refractivity contribution in [1.82, 2.24) is 0 Å². The van der Waals surface area contributed by atoms with Gasteiger partial charge >= 0.3 is 5.97 Å². The molecule has 0 heterocycles. The zero-order valence-corrected chi connectivity index (χ0v) is 10.0. The molecule has 0 aliphatic heterocycles. The molecule has 6 heteroatoms. The van der Waals surface area contributed by atoms with E-state index in [2.05, 4.69) is 4.18 Å². The topological polar surface area (TPSA) is 69.7 Å². The van der Waals surface area contributed by atoms with Gasteiger partial charge in [-0.3, -0.25) is 8.98 Å². The van der Waals surface area contributed by atoms with Gasteiger partial charge in [0.05, 0.1) is 19.5 Å². The molecule has 0 aromatic carbocycles. The quantitative estimate of drug-likeness (QED) is 0.359. The van der Waals surface area contributed by atoms with Crippen molar-refractivity contribution in [2.45, 2.75) is 32.6 Å². The number of hydrogen-bond acceptors (Lipinski definition) is 5. The third kappa shape index (κ3) is 11.3. The lowest BCUT2D eigenvalue weighted by molar-refractivity contribution is -0.143. The molecule has 5 nitrogen and oxygen atoms in total. The highest BCUT2D eigenvalue weighted by Crippen LogP contribution is 2.02. The minimum Gasteiger partial charge on any atom is -0.466 e. The third-order valence-corrected chi connectivity index (χ3v) is 2.22. The molecule has 0 spiro atoms. The standard InChI is InChI=1S/C9H18O5S/c1-3-13-9(10)7-5-4-6-8-14-15(2,11)12/h3-8H2,1-2H3. The Bertz CT molecular complexity index is 270. The van der Waals surface area contributed by atoms with Crippen molar-refractivity contribution in [3.8, 4) is 0 Å². The highest BCUT2D eigenvalue weighted by molar-refractivity contribution is 7.85. The maximum absolute atomic E-state index is 10.9. The van der Waals surface area contributed by atoms with Crippen LogP contribution in [0.4, 0.5) is 0 Å². The van der Waals surface area contributed by atoms with Crippen LogP contribution in [-0.4, -0.2) is 33.9 Å². The van der Waals surface area contributed by atoms with Gasteiger partial charge in [0.15, 0.2) is 0 Å². The molecule has 0 radical (unpaired) electrons. The average molecular weight is 238 g/mol. The molecule has 0 aliphatic rings. The molecule has 0 saturated carbocycles. The summed E-state index contributed by atoms with van der Waals surface area (Å²) >= 11 is 0. The summed E-state index contributed by atoms with van der Waals surface area (Å²) in [6.07, 6.45) is 3.49. The first-order valence-corrected chi connectivity index (χ1v) is 6.77. The van der Waals surface area contributed by atoms with Crippen molar-refractivity contribution in [2.24, 2.45) is 0 Å². The van der Waals surface area contributed by atoms with Crippen LogP contribution in [0.5, 0.6) is 0 Å². The lowest BCUT2D eigenvalue weighted by atomic mass is 10.2. The van der Waals surface area contributed by atoms with Crippen LogP contribution in [0.15, 0.2) is 0 Å². The van der Waals surface area contributed by atoms with Crippen molar-refractivity contribution in [2.75, 3.05) is 19.5 Å². The van der Waals surface area contributed by atoms with Crippen LogP contribution in [0.2, 0.25) is 0 Å². The molecule has 0 aliphatic carbocycles. The predicted octanol–water partition coefficient (Wildman–Crippen LogP) is 1.09. The normalized spacial score (nSPS) is 11.3. The van der Waals surface area contributed by atoms with E-state index in [9.17, 15) is 13.2 Å². The van der Waals surface area contributed by atoms with Crippen LogP contribution < -0.4 is 0 Å². The molecule has 90 valence electrons. The molecule has 0 saturated heterocycles. The molecule has 0 bridgehead atoms. The third-order valence-electron chi connectivity index (χ3n) is 1.63. The Hall–Kier alpha value is -0.620. The number of esters is 1. The average Bonchev–Trinajstić information content (AvgIpc) is 2.09. The molecule has 0 rings (SSSR count). The molecule has 0 atom stereocenters. The Morgan fingerprint density at radius 2 is 1.87 bits per heavy atom. The monoisotopic (exact) mass is 238 g/mol. The molecule has 0 fully saturated rings. The van der Waals surface area contributed by atoms with Crippen LogP contribution in [0, 0.1) is 0 Å². The van der Waals surface area contributed by atoms with Gasteiger partial charge in [0, 0.05) is 6.42 Å². The molecule has 0 amide bonds. The van der Waals surface area contributed by atoms with E-state index in [0.717, 1.165) is 12.7 Å². The van der Waals surface area contributed by atoms with E-state index in [-0.39, 0.29) is 12.6 Å². The van der Waals surface area contributed by atoms with Gasteiger partial charge in [0.25, 0.3) is 10.1 Å². The zero-order chi connectivity index (χ0) is 11.7. The van der Waals surface area contributed by atoms with Crippen molar-refractivity contribution < 1.29 is 22.1 Å². The Kier molecular flexibility index (Phi) is 7.33. The van der Waals surface area contributed by atoms with Gasteiger partial charge in [-0.15, -0.1) is 0 Å². The Labute approximate surface area is 90.9 Å². The second-order valence-electron chi connectivity index (χ2n) is 3.14. The number of unbranched alkanes of at least 4 members (excludes halogenated alkanes) is 2. The number of carbonyl (C=O) groups excluding carboxylic acids is 1. The van der Waals surface area contributed by atoms with Gasteiger partial charge in [-0.05, 0) is 19.8 Å². The largest absolute Gasteiger partial charge is 0.466 e. The summed E-state index contributed by atoms with van der Waals surface area (Å²) in [6.45, 7) is 2.34. The van der Waals surface area contributed by atoms with E-state index in [1.165, 1.54) is 0 Å². The SMILES string of the molecule is CCOC(=O)CCCCCOS(C)(=O)=O. The van der Waals surface area contributed by atoms with E-state index < -0.39 is 10.1 Å². The van der Waals surface area contributed by atoms with Gasteiger partial charge in [0.2, 0.25) is 0 Å². The number of rotatable bonds is 8. The minimum atomic E-state index is -3.33. The predicted molar refractivity (Wildman–Crippen MR) is 55.9 cm³/mol. The molecular formula is C9H18O5S. The number of ether oxygens (including phenoxy) is 1. The fourth-order valence-corrected chi connectivity index (χ4v) is 1.41. The maximum Gasteiger partial charge on any atom is 0.305 e. The van der Waals surface area contributed by atoms with Crippen LogP contribution in [0.25, 0.3) is 0 Å². The molecule has 0 aromatic rings. The lowest BCUT2D eigenvalue weighted by Crippen LogP contribution is -2.05. The molecule has 0 unspecified atom stereocenters. The Morgan fingerprint density at radius 1 is 1.20 bits per heavy atom. The van der Waals surface area contributed by atoms with E-state index in [1.807, 2.05) is 0 Å². The van der Waals surface area contributed by atoms with E-state index in [4.69, 9.17) is 4.74 Å².